The van der Waals surface area contributed by atoms with Gasteiger partial charge in [-0.2, -0.15) is 0 Å². The zero-order valence-corrected chi connectivity index (χ0v) is 6.87. The zero-order valence-electron chi connectivity index (χ0n) is 6.87. The summed E-state index contributed by atoms with van der Waals surface area (Å²) in [7, 11) is 1.59. The third-order valence-electron chi connectivity index (χ3n) is 1.63. The largest absolute Gasteiger partial charge is 0.449 e. The van der Waals surface area contributed by atoms with E-state index in [9.17, 15) is 4.79 Å². The first kappa shape index (κ1) is 8.81. The molecule has 0 atom stereocenters. The lowest BCUT2D eigenvalue weighted by atomic mass is 9.88. The Morgan fingerprint density at radius 1 is 1.42 bits per heavy atom. The van der Waals surface area contributed by atoms with Gasteiger partial charge in [0.15, 0.2) is 0 Å². The summed E-state index contributed by atoms with van der Waals surface area (Å²) in [4.78, 5) is 11.0. The van der Waals surface area contributed by atoms with Gasteiger partial charge in [0, 0.05) is 12.6 Å². The van der Waals surface area contributed by atoms with Crippen LogP contribution in [0.2, 0.25) is 0 Å². The minimum atomic E-state index is -0.112. The van der Waals surface area contributed by atoms with Gasteiger partial charge in [0.2, 0.25) is 0 Å². The Morgan fingerprint density at radius 3 is 2.42 bits per heavy atom. The molecule has 0 aliphatic heterocycles. The van der Waals surface area contributed by atoms with Crippen molar-refractivity contribution in [3.8, 4) is 0 Å². The van der Waals surface area contributed by atoms with Crippen molar-refractivity contribution in [1.29, 1.82) is 0 Å². The van der Waals surface area contributed by atoms with Crippen molar-refractivity contribution in [3.63, 3.8) is 0 Å². The van der Waals surface area contributed by atoms with Gasteiger partial charge in [-0.05, 0) is 12.1 Å². The van der Waals surface area contributed by atoms with Gasteiger partial charge >= 0.3 is 7.48 Å². The highest BCUT2D eigenvalue weighted by Gasteiger charge is 2.01. The van der Waals surface area contributed by atoms with Crippen LogP contribution in [0.25, 0.3) is 0 Å². The number of amides is 1. The summed E-state index contributed by atoms with van der Waals surface area (Å²) in [5.41, 5.74) is 1.41. The highest BCUT2D eigenvalue weighted by molar-refractivity contribution is 6.45. The number of carbonyl (C=O) groups excluding carboxylic acids is 1. The maximum atomic E-state index is 11.0. The number of nitrogens with one attached hydrogen (secondary N) is 1. The van der Waals surface area contributed by atoms with E-state index in [1.807, 2.05) is 0 Å². The first-order valence-electron chi connectivity index (χ1n) is 3.70. The van der Waals surface area contributed by atoms with Crippen LogP contribution < -0.4 is 10.8 Å². The van der Waals surface area contributed by atoms with E-state index in [0.29, 0.717) is 5.56 Å². The average molecular weight is 163 g/mol. The van der Waals surface area contributed by atoms with Crippen LogP contribution in [-0.4, -0.2) is 25.5 Å². The van der Waals surface area contributed by atoms with E-state index in [0.717, 1.165) is 5.46 Å². The molecule has 0 spiro atoms. The van der Waals surface area contributed by atoms with Crippen LogP contribution in [0.4, 0.5) is 0 Å². The van der Waals surface area contributed by atoms with Crippen LogP contribution in [0.1, 0.15) is 10.4 Å². The molecule has 1 aromatic rings. The van der Waals surface area contributed by atoms with Gasteiger partial charge < -0.3 is 10.3 Å². The maximum absolute atomic E-state index is 11.0. The molecule has 1 amide bonds. The summed E-state index contributed by atoms with van der Waals surface area (Å²) in [5.74, 6) is -0.112. The van der Waals surface area contributed by atoms with Crippen molar-refractivity contribution < 1.29 is 9.82 Å². The molecule has 1 rings (SSSR count). The Hall–Kier alpha value is -1.29. The molecule has 0 heterocycles. The SMILES string of the molecule is CNC(=O)c1ccc(BO)cc1. The lowest BCUT2D eigenvalue weighted by Crippen LogP contribution is -2.19. The summed E-state index contributed by atoms with van der Waals surface area (Å²) in [5, 5.41) is 11.2. The molecule has 0 aliphatic rings. The first-order valence-corrected chi connectivity index (χ1v) is 3.70. The molecule has 0 bridgehead atoms. The fraction of sp³-hybridized carbons (Fsp3) is 0.125. The lowest BCUT2D eigenvalue weighted by molar-refractivity contribution is 0.0963. The van der Waals surface area contributed by atoms with Gasteiger partial charge in [0.05, 0.1) is 0 Å². The number of hydrogen-bond acceptors (Lipinski definition) is 2. The van der Waals surface area contributed by atoms with Gasteiger partial charge in [-0.1, -0.05) is 17.6 Å². The number of hydrogen-bond donors (Lipinski definition) is 2. The third kappa shape index (κ3) is 1.86. The summed E-state index contributed by atoms with van der Waals surface area (Å²) in [6.45, 7) is 0. The second kappa shape index (κ2) is 3.92. The topological polar surface area (TPSA) is 49.3 Å². The standard InChI is InChI=1S/C8H10BNO2/c1-10-8(11)6-2-4-7(9-12)5-3-6/h2-5,9,12H,1H3,(H,10,11). The minimum Gasteiger partial charge on any atom is -0.449 e. The molecule has 0 unspecified atom stereocenters. The van der Waals surface area contributed by atoms with Gasteiger partial charge in [-0.25, -0.2) is 0 Å². The Morgan fingerprint density at radius 2 is 2.00 bits per heavy atom. The Balaban J connectivity index is 2.84. The molecule has 12 heavy (non-hydrogen) atoms. The second-order valence-electron chi connectivity index (χ2n) is 2.43. The van der Waals surface area contributed by atoms with Crippen molar-refractivity contribution in [1.82, 2.24) is 5.32 Å². The van der Waals surface area contributed by atoms with E-state index in [1.165, 1.54) is 0 Å². The van der Waals surface area contributed by atoms with Crippen LogP contribution in [-0.2, 0) is 0 Å². The second-order valence-corrected chi connectivity index (χ2v) is 2.43. The predicted molar refractivity (Wildman–Crippen MR) is 48.8 cm³/mol. The molecular formula is C8H10BNO2. The summed E-state index contributed by atoms with van der Waals surface area (Å²) in [6.07, 6.45) is 0. The zero-order chi connectivity index (χ0) is 8.97. The van der Waals surface area contributed by atoms with Gasteiger partial charge in [0.1, 0.15) is 0 Å². The quantitative estimate of drug-likeness (QED) is 0.550. The number of carbonyl (C=O) groups is 1. The van der Waals surface area contributed by atoms with E-state index in [2.05, 4.69) is 5.32 Å². The highest BCUT2D eigenvalue weighted by Crippen LogP contribution is 1.95. The van der Waals surface area contributed by atoms with Crippen LogP contribution in [0, 0.1) is 0 Å². The molecule has 62 valence electrons. The summed E-state index contributed by atoms with van der Waals surface area (Å²) in [6, 6.07) is 6.82. The molecule has 0 aromatic heterocycles. The Labute approximate surface area is 71.7 Å². The molecule has 0 radical (unpaired) electrons. The minimum absolute atomic E-state index is 0.00796. The molecule has 3 nitrogen and oxygen atoms in total. The Kier molecular flexibility index (Phi) is 2.88. The molecule has 0 fully saturated rings. The molecule has 0 saturated heterocycles. The molecule has 0 saturated carbocycles. The summed E-state index contributed by atoms with van der Waals surface area (Å²) >= 11 is 0. The van der Waals surface area contributed by atoms with Crippen LogP contribution >= 0.6 is 0 Å². The molecule has 2 N–H and O–H groups in total. The van der Waals surface area contributed by atoms with E-state index in [4.69, 9.17) is 5.02 Å². The van der Waals surface area contributed by atoms with Crippen molar-refractivity contribution in [2.75, 3.05) is 7.05 Å². The van der Waals surface area contributed by atoms with Crippen molar-refractivity contribution in [2.24, 2.45) is 0 Å². The monoisotopic (exact) mass is 163 g/mol. The van der Waals surface area contributed by atoms with E-state index >= 15 is 0 Å². The lowest BCUT2D eigenvalue weighted by Gasteiger charge is -1.99. The molecule has 1 aromatic carbocycles. The van der Waals surface area contributed by atoms with Crippen LogP contribution in [0.5, 0.6) is 0 Å². The van der Waals surface area contributed by atoms with Gasteiger partial charge in [-0.3, -0.25) is 4.79 Å². The first-order chi connectivity index (χ1) is 5.77. The van der Waals surface area contributed by atoms with Gasteiger partial charge in [-0.15, -0.1) is 0 Å². The number of benzene rings is 1. The van der Waals surface area contributed by atoms with E-state index in [-0.39, 0.29) is 13.4 Å². The van der Waals surface area contributed by atoms with Crippen molar-refractivity contribution in [2.45, 2.75) is 0 Å². The van der Waals surface area contributed by atoms with E-state index < -0.39 is 0 Å². The fourth-order valence-electron chi connectivity index (χ4n) is 0.906. The molecule has 4 heteroatoms. The van der Waals surface area contributed by atoms with E-state index in [1.54, 1.807) is 31.3 Å². The fourth-order valence-corrected chi connectivity index (χ4v) is 0.906. The van der Waals surface area contributed by atoms with Crippen molar-refractivity contribution in [3.05, 3.63) is 29.8 Å². The maximum Gasteiger partial charge on any atom is 0.304 e. The molecular weight excluding hydrogens is 153 g/mol. The highest BCUT2D eigenvalue weighted by atomic mass is 16.2. The van der Waals surface area contributed by atoms with Crippen LogP contribution in [0.3, 0.4) is 0 Å². The predicted octanol–water partition coefficient (Wildman–Crippen LogP) is -0.985. The normalized spacial score (nSPS) is 9.17. The third-order valence-corrected chi connectivity index (χ3v) is 1.63. The van der Waals surface area contributed by atoms with Crippen molar-refractivity contribution >= 4 is 18.9 Å². The summed E-state index contributed by atoms with van der Waals surface area (Å²) < 4.78 is 0. The van der Waals surface area contributed by atoms with Gasteiger partial charge in [0.25, 0.3) is 5.91 Å². The number of rotatable bonds is 2. The average Bonchev–Trinajstić information content (AvgIpc) is 2.17. The smallest absolute Gasteiger partial charge is 0.304 e. The molecule has 0 aliphatic carbocycles. The Bertz CT molecular complexity index is 271. The van der Waals surface area contributed by atoms with Crippen LogP contribution in [0.15, 0.2) is 24.3 Å².